The van der Waals surface area contributed by atoms with E-state index in [9.17, 15) is 9.18 Å². The van der Waals surface area contributed by atoms with E-state index in [1.807, 2.05) is 16.8 Å². The van der Waals surface area contributed by atoms with Gasteiger partial charge in [0.2, 0.25) is 0 Å². The Bertz CT molecular complexity index is 517. The van der Waals surface area contributed by atoms with Gasteiger partial charge >= 0.3 is 6.03 Å². The number of morpholine rings is 1. The van der Waals surface area contributed by atoms with Gasteiger partial charge in [-0.1, -0.05) is 12.1 Å². The topological polar surface area (TPSA) is 36.0 Å². The summed E-state index contributed by atoms with van der Waals surface area (Å²) in [6.45, 7) is 4.72. The van der Waals surface area contributed by atoms with Gasteiger partial charge in [0.1, 0.15) is 5.82 Å². The van der Waals surface area contributed by atoms with E-state index >= 15 is 0 Å². The zero-order chi connectivity index (χ0) is 15.5. The minimum absolute atomic E-state index is 0.0866. The molecule has 120 valence electrons. The summed E-state index contributed by atoms with van der Waals surface area (Å²) in [6.07, 6.45) is 0. The summed E-state index contributed by atoms with van der Waals surface area (Å²) in [6, 6.07) is 6.76. The highest BCUT2D eigenvalue weighted by molar-refractivity contribution is 5.74. The number of urea groups is 1. The van der Waals surface area contributed by atoms with Crippen molar-refractivity contribution < 1.29 is 13.9 Å². The van der Waals surface area contributed by atoms with Crippen LogP contribution in [0, 0.1) is 5.82 Å². The molecule has 0 N–H and O–H groups in total. The highest BCUT2D eigenvalue weighted by atomic mass is 19.1. The first kappa shape index (κ1) is 15.2. The Morgan fingerprint density at radius 3 is 2.45 bits per heavy atom. The van der Waals surface area contributed by atoms with E-state index in [4.69, 9.17) is 4.74 Å². The molecule has 0 aromatic heterocycles. The fourth-order valence-corrected chi connectivity index (χ4v) is 3.05. The lowest BCUT2D eigenvalue weighted by atomic mass is 10.0. The normalized spacial score (nSPS) is 23.6. The van der Waals surface area contributed by atoms with Crippen LogP contribution >= 0.6 is 0 Å². The second-order valence-electron chi connectivity index (χ2n) is 5.88. The number of halogens is 1. The van der Waals surface area contributed by atoms with Gasteiger partial charge in [-0.15, -0.1) is 0 Å². The Morgan fingerprint density at radius 1 is 1.09 bits per heavy atom. The van der Waals surface area contributed by atoms with E-state index in [1.54, 1.807) is 12.1 Å². The van der Waals surface area contributed by atoms with Crippen molar-refractivity contribution in [2.24, 2.45) is 0 Å². The second-order valence-corrected chi connectivity index (χ2v) is 5.88. The van der Waals surface area contributed by atoms with Crippen LogP contribution in [0.1, 0.15) is 11.6 Å². The maximum atomic E-state index is 13.1. The number of carbonyl (C=O) groups is 1. The molecule has 2 heterocycles. The molecule has 0 saturated carbocycles. The molecule has 2 fully saturated rings. The third kappa shape index (κ3) is 3.23. The Hall–Kier alpha value is -1.66. The average Bonchev–Trinajstić information content (AvgIpc) is 2.56. The minimum Gasteiger partial charge on any atom is -0.378 e. The molecule has 2 amide bonds. The maximum absolute atomic E-state index is 13.1. The summed E-state index contributed by atoms with van der Waals surface area (Å²) in [7, 11) is 2.05. The lowest BCUT2D eigenvalue weighted by molar-refractivity contribution is 0.0330. The molecule has 0 radical (unpaired) electrons. The van der Waals surface area contributed by atoms with Crippen LogP contribution in [-0.4, -0.2) is 73.7 Å². The number of hydrogen-bond donors (Lipinski definition) is 0. The maximum Gasteiger partial charge on any atom is 0.320 e. The number of piperazine rings is 1. The predicted molar refractivity (Wildman–Crippen MR) is 81.1 cm³/mol. The number of amides is 2. The number of benzene rings is 1. The van der Waals surface area contributed by atoms with E-state index in [-0.39, 0.29) is 17.9 Å². The molecular formula is C16H22FN3O2. The smallest absolute Gasteiger partial charge is 0.320 e. The Balaban J connectivity index is 1.70. The largest absolute Gasteiger partial charge is 0.378 e. The number of ether oxygens (including phenoxy) is 1. The van der Waals surface area contributed by atoms with E-state index in [2.05, 4.69) is 4.90 Å². The quantitative estimate of drug-likeness (QED) is 0.790. The highest BCUT2D eigenvalue weighted by Crippen LogP contribution is 2.25. The Morgan fingerprint density at radius 2 is 1.77 bits per heavy atom. The molecule has 2 aliphatic heterocycles. The standard InChI is InChI=1S/C16H22FN3O2/c1-18-6-7-20(16(21)19-8-10-22-11-9-19)12-15(18)13-2-4-14(17)5-3-13/h2-5,15H,6-12H2,1H3. The van der Waals surface area contributed by atoms with Crippen molar-refractivity contribution in [2.45, 2.75) is 6.04 Å². The monoisotopic (exact) mass is 307 g/mol. The van der Waals surface area contributed by atoms with Crippen molar-refractivity contribution >= 4 is 6.03 Å². The van der Waals surface area contributed by atoms with Gasteiger partial charge in [-0.05, 0) is 24.7 Å². The van der Waals surface area contributed by atoms with Crippen LogP contribution in [0.15, 0.2) is 24.3 Å². The van der Waals surface area contributed by atoms with Gasteiger partial charge in [-0.3, -0.25) is 4.90 Å². The van der Waals surface area contributed by atoms with Crippen molar-refractivity contribution in [3.8, 4) is 0 Å². The molecule has 0 aliphatic carbocycles. The first-order chi connectivity index (χ1) is 10.6. The van der Waals surface area contributed by atoms with Crippen LogP contribution in [0.5, 0.6) is 0 Å². The van der Waals surface area contributed by atoms with Gasteiger partial charge in [0, 0.05) is 32.7 Å². The van der Waals surface area contributed by atoms with Gasteiger partial charge in [0.15, 0.2) is 0 Å². The van der Waals surface area contributed by atoms with Crippen LogP contribution in [0.3, 0.4) is 0 Å². The van der Waals surface area contributed by atoms with Gasteiger partial charge in [0.25, 0.3) is 0 Å². The molecule has 2 aliphatic rings. The zero-order valence-electron chi connectivity index (χ0n) is 12.9. The summed E-state index contributed by atoms with van der Waals surface area (Å²) >= 11 is 0. The SMILES string of the molecule is CN1CCN(C(=O)N2CCOCC2)CC1c1ccc(F)cc1. The lowest BCUT2D eigenvalue weighted by Gasteiger charge is -2.42. The summed E-state index contributed by atoms with van der Waals surface area (Å²) < 4.78 is 18.4. The van der Waals surface area contributed by atoms with Crippen molar-refractivity contribution in [3.05, 3.63) is 35.6 Å². The molecule has 3 rings (SSSR count). The fourth-order valence-electron chi connectivity index (χ4n) is 3.05. The zero-order valence-corrected chi connectivity index (χ0v) is 12.9. The van der Waals surface area contributed by atoms with Crippen LogP contribution in [0.4, 0.5) is 9.18 Å². The van der Waals surface area contributed by atoms with Gasteiger partial charge in [0.05, 0.1) is 19.3 Å². The third-order valence-corrected chi connectivity index (χ3v) is 4.45. The minimum atomic E-state index is -0.233. The van der Waals surface area contributed by atoms with Gasteiger partial charge in [-0.2, -0.15) is 0 Å². The van der Waals surface area contributed by atoms with E-state index in [1.165, 1.54) is 12.1 Å². The van der Waals surface area contributed by atoms with Crippen molar-refractivity contribution in [3.63, 3.8) is 0 Å². The van der Waals surface area contributed by atoms with Gasteiger partial charge in [-0.25, -0.2) is 9.18 Å². The van der Waals surface area contributed by atoms with Crippen LogP contribution in [-0.2, 0) is 4.74 Å². The summed E-state index contributed by atoms with van der Waals surface area (Å²) in [5.74, 6) is -0.233. The van der Waals surface area contributed by atoms with Crippen LogP contribution in [0.2, 0.25) is 0 Å². The van der Waals surface area contributed by atoms with E-state index in [0.717, 1.165) is 18.7 Å². The lowest BCUT2D eigenvalue weighted by Crippen LogP contribution is -2.54. The first-order valence-electron chi connectivity index (χ1n) is 7.72. The first-order valence-corrected chi connectivity index (χ1v) is 7.72. The van der Waals surface area contributed by atoms with E-state index in [0.29, 0.717) is 32.8 Å². The number of hydrogen-bond acceptors (Lipinski definition) is 3. The molecule has 1 unspecified atom stereocenters. The molecule has 22 heavy (non-hydrogen) atoms. The van der Waals surface area contributed by atoms with Crippen molar-refractivity contribution in [2.75, 3.05) is 53.0 Å². The third-order valence-electron chi connectivity index (χ3n) is 4.45. The summed E-state index contributed by atoms with van der Waals surface area (Å²) in [5, 5.41) is 0. The van der Waals surface area contributed by atoms with E-state index < -0.39 is 0 Å². The number of rotatable bonds is 1. The molecule has 0 bridgehead atoms. The molecule has 6 heteroatoms. The summed E-state index contributed by atoms with van der Waals surface area (Å²) in [5.41, 5.74) is 1.04. The molecule has 2 saturated heterocycles. The average molecular weight is 307 g/mol. The van der Waals surface area contributed by atoms with Crippen LogP contribution < -0.4 is 0 Å². The second kappa shape index (κ2) is 6.62. The molecule has 1 aromatic carbocycles. The molecule has 1 aromatic rings. The van der Waals surface area contributed by atoms with Crippen molar-refractivity contribution in [1.29, 1.82) is 0 Å². The highest BCUT2D eigenvalue weighted by Gasteiger charge is 2.31. The molecule has 5 nitrogen and oxygen atoms in total. The summed E-state index contributed by atoms with van der Waals surface area (Å²) in [4.78, 5) is 18.6. The molecule has 0 spiro atoms. The Labute approximate surface area is 130 Å². The Kier molecular flexibility index (Phi) is 4.59. The predicted octanol–water partition coefficient (Wildman–Crippen LogP) is 1.57. The van der Waals surface area contributed by atoms with Crippen molar-refractivity contribution in [1.82, 2.24) is 14.7 Å². The van der Waals surface area contributed by atoms with Gasteiger partial charge < -0.3 is 14.5 Å². The molecule has 1 atom stereocenters. The number of nitrogens with zero attached hydrogens (tertiary/aromatic N) is 3. The number of likely N-dealkylation sites (N-methyl/N-ethyl adjacent to an activating group) is 1. The van der Waals surface area contributed by atoms with Crippen LogP contribution in [0.25, 0.3) is 0 Å². The number of carbonyl (C=O) groups excluding carboxylic acids is 1. The molecular weight excluding hydrogens is 285 g/mol. The fraction of sp³-hybridized carbons (Fsp3) is 0.562.